The molecule has 3 rings (SSSR count). The molecule has 2 N–H and O–H groups in total. The van der Waals surface area contributed by atoms with E-state index in [9.17, 15) is 9.90 Å². The molecule has 1 aliphatic rings. The summed E-state index contributed by atoms with van der Waals surface area (Å²) in [5, 5.41) is 12.5. The lowest BCUT2D eigenvalue weighted by Crippen LogP contribution is -2.50. The highest BCUT2D eigenvalue weighted by Gasteiger charge is 2.41. The molecule has 5 nitrogen and oxygen atoms in total. The van der Waals surface area contributed by atoms with Gasteiger partial charge in [0.1, 0.15) is 0 Å². The van der Waals surface area contributed by atoms with Gasteiger partial charge in [-0.05, 0) is 42.9 Å². The number of ether oxygens (including phenoxy) is 1. The molecule has 1 saturated heterocycles. The standard InChI is InChI=1S/C22H28N2O3/c1-2-19(16-25)24-21(26)22(9-12-27-13-10-22)14-17-6-3-4-8-20(17)18-7-5-11-23-15-18/h3-8,11,15,19,25H,2,9-10,12-14,16H2,1H3,(H,24,26)/t19-/m0/s1. The Balaban J connectivity index is 1.91. The van der Waals surface area contributed by atoms with Crippen LogP contribution in [0.1, 0.15) is 31.7 Å². The number of benzene rings is 1. The number of carbonyl (C=O) groups excluding carboxylic acids is 1. The Morgan fingerprint density at radius 2 is 2.04 bits per heavy atom. The molecule has 2 heterocycles. The zero-order valence-corrected chi connectivity index (χ0v) is 15.9. The fourth-order valence-electron chi connectivity index (χ4n) is 3.70. The monoisotopic (exact) mass is 368 g/mol. The second-order valence-corrected chi connectivity index (χ2v) is 7.23. The molecule has 0 spiro atoms. The predicted octanol–water partition coefficient (Wildman–Crippen LogP) is 2.98. The second kappa shape index (κ2) is 9.11. The summed E-state index contributed by atoms with van der Waals surface area (Å²) in [6.45, 7) is 3.09. The molecular weight excluding hydrogens is 340 g/mol. The average Bonchev–Trinajstić information content (AvgIpc) is 2.73. The number of aromatic nitrogens is 1. The summed E-state index contributed by atoms with van der Waals surface area (Å²) in [7, 11) is 0. The van der Waals surface area contributed by atoms with Crippen molar-refractivity contribution >= 4 is 5.91 Å². The Labute approximate surface area is 160 Å². The van der Waals surface area contributed by atoms with E-state index in [1.165, 1.54) is 0 Å². The molecule has 0 bridgehead atoms. The fourth-order valence-corrected chi connectivity index (χ4v) is 3.70. The van der Waals surface area contributed by atoms with Crippen molar-refractivity contribution in [2.75, 3.05) is 19.8 Å². The molecule has 144 valence electrons. The van der Waals surface area contributed by atoms with E-state index in [1.54, 1.807) is 6.20 Å². The van der Waals surface area contributed by atoms with Gasteiger partial charge >= 0.3 is 0 Å². The summed E-state index contributed by atoms with van der Waals surface area (Å²) in [6.07, 6.45) is 6.34. The second-order valence-electron chi connectivity index (χ2n) is 7.23. The maximum absolute atomic E-state index is 13.2. The van der Waals surface area contributed by atoms with E-state index in [4.69, 9.17) is 4.74 Å². The molecule has 0 aliphatic carbocycles. The van der Waals surface area contributed by atoms with Crippen LogP contribution in [0.4, 0.5) is 0 Å². The van der Waals surface area contributed by atoms with Crippen LogP contribution >= 0.6 is 0 Å². The molecule has 1 aromatic carbocycles. The minimum absolute atomic E-state index is 0.0210. The maximum atomic E-state index is 13.2. The summed E-state index contributed by atoms with van der Waals surface area (Å²) < 4.78 is 5.55. The van der Waals surface area contributed by atoms with E-state index in [-0.39, 0.29) is 18.6 Å². The van der Waals surface area contributed by atoms with Crippen LogP contribution in [0, 0.1) is 5.41 Å². The molecule has 5 heteroatoms. The van der Waals surface area contributed by atoms with Crippen molar-refractivity contribution in [1.29, 1.82) is 0 Å². The Bertz CT molecular complexity index is 738. The first-order chi connectivity index (χ1) is 13.2. The Morgan fingerprint density at radius 3 is 2.70 bits per heavy atom. The van der Waals surface area contributed by atoms with Gasteiger partial charge in [-0.1, -0.05) is 37.3 Å². The van der Waals surface area contributed by atoms with Crippen molar-refractivity contribution in [3.63, 3.8) is 0 Å². The topological polar surface area (TPSA) is 71.5 Å². The van der Waals surface area contributed by atoms with E-state index in [2.05, 4.69) is 22.4 Å². The van der Waals surface area contributed by atoms with E-state index in [0.717, 1.165) is 16.7 Å². The number of rotatable bonds is 7. The van der Waals surface area contributed by atoms with Crippen molar-refractivity contribution < 1.29 is 14.6 Å². The molecule has 1 fully saturated rings. The molecule has 1 amide bonds. The molecule has 1 aliphatic heterocycles. The number of pyridine rings is 1. The van der Waals surface area contributed by atoms with Crippen LogP contribution in [0.25, 0.3) is 11.1 Å². The van der Waals surface area contributed by atoms with E-state index in [1.807, 2.05) is 37.4 Å². The number of carbonyl (C=O) groups is 1. The van der Waals surface area contributed by atoms with Crippen molar-refractivity contribution in [2.45, 2.75) is 38.6 Å². The molecule has 1 aromatic heterocycles. The predicted molar refractivity (Wildman–Crippen MR) is 105 cm³/mol. The zero-order chi connectivity index (χ0) is 19.1. The normalized spacial score (nSPS) is 17.3. The van der Waals surface area contributed by atoms with Gasteiger partial charge in [-0.3, -0.25) is 9.78 Å². The summed E-state index contributed by atoms with van der Waals surface area (Å²) in [5.41, 5.74) is 2.79. The lowest BCUT2D eigenvalue weighted by atomic mass is 9.73. The molecule has 2 aromatic rings. The fraction of sp³-hybridized carbons (Fsp3) is 0.455. The molecule has 0 unspecified atom stereocenters. The number of hydrogen-bond acceptors (Lipinski definition) is 4. The molecule has 27 heavy (non-hydrogen) atoms. The largest absolute Gasteiger partial charge is 0.394 e. The van der Waals surface area contributed by atoms with Crippen LogP contribution < -0.4 is 5.32 Å². The third-order valence-electron chi connectivity index (χ3n) is 5.50. The summed E-state index contributed by atoms with van der Waals surface area (Å²) in [6, 6.07) is 12.0. The first-order valence-electron chi connectivity index (χ1n) is 9.66. The van der Waals surface area contributed by atoms with Crippen LogP contribution in [0.5, 0.6) is 0 Å². The molecule has 0 radical (unpaired) electrons. The van der Waals surface area contributed by atoms with Crippen molar-refractivity contribution in [2.24, 2.45) is 5.41 Å². The Hall–Kier alpha value is -2.24. The van der Waals surface area contributed by atoms with E-state index < -0.39 is 5.41 Å². The maximum Gasteiger partial charge on any atom is 0.227 e. The van der Waals surface area contributed by atoms with Crippen molar-refractivity contribution in [3.05, 3.63) is 54.4 Å². The molecule has 0 saturated carbocycles. The summed E-state index contributed by atoms with van der Waals surface area (Å²) in [4.78, 5) is 17.4. The lowest BCUT2D eigenvalue weighted by Gasteiger charge is -2.37. The van der Waals surface area contributed by atoms with Gasteiger partial charge in [-0.15, -0.1) is 0 Å². The first kappa shape index (κ1) is 19.5. The Morgan fingerprint density at radius 1 is 1.26 bits per heavy atom. The molecule has 1 atom stereocenters. The first-order valence-corrected chi connectivity index (χ1v) is 9.66. The summed E-state index contributed by atoms with van der Waals surface area (Å²) >= 11 is 0. The lowest BCUT2D eigenvalue weighted by molar-refractivity contribution is -0.137. The third-order valence-corrected chi connectivity index (χ3v) is 5.50. The zero-order valence-electron chi connectivity index (χ0n) is 15.9. The summed E-state index contributed by atoms with van der Waals surface area (Å²) in [5.74, 6) is 0.0210. The number of hydrogen-bond donors (Lipinski definition) is 2. The third kappa shape index (κ3) is 4.54. The van der Waals surface area contributed by atoms with Crippen LogP contribution in [0.15, 0.2) is 48.8 Å². The van der Waals surface area contributed by atoms with Crippen LogP contribution in [0.3, 0.4) is 0 Å². The van der Waals surface area contributed by atoms with E-state index in [0.29, 0.717) is 38.9 Å². The highest BCUT2D eigenvalue weighted by Crippen LogP contribution is 2.37. The smallest absolute Gasteiger partial charge is 0.227 e. The van der Waals surface area contributed by atoms with Gasteiger partial charge in [0, 0.05) is 31.2 Å². The van der Waals surface area contributed by atoms with Gasteiger partial charge in [-0.2, -0.15) is 0 Å². The van der Waals surface area contributed by atoms with Gasteiger partial charge in [0.05, 0.1) is 18.1 Å². The van der Waals surface area contributed by atoms with Gasteiger partial charge in [0.15, 0.2) is 0 Å². The Kier molecular flexibility index (Phi) is 6.58. The van der Waals surface area contributed by atoms with Crippen LogP contribution in [-0.2, 0) is 16.0 Å². The quantitative estimate of drug-likeness (QED) is 0.788. The SMILES string of the molecule is CC[C@@H](CO)NC(=O)C1(Cc2ccccc2-c2cccnc2)CCOCC1. The number of amides is 1. The highest BCUT2D eigenvalue weighted by molar-refractivity contribution is 5.84. The number of nitrogens with one attached hydrogen (secondary N) is 1. The van der Waals surface area contributed by atoms with Crippen LogP contribution in [0.2, 0.25) is 0 Å². The van der Waals surface area contributed by atoms with Gasteiger partial charge in [0.2, 0.25) is 5.91 Å². The highest BCUT2D eigenvalue weighted by atomic mass is 16.5. The number of aliphatic hydroxyl groups is 1. The number of nitrogens with zero attached hydrogens (tertiary/aromatic N) is 1. The van der Waals surface area contributed by atoms with Gasteiger partial charge in [0.25, 0.3) is 0 Å². The number of aliphatic hydroxyl groups excluding tert-OH is 1. The minimum atomic E-state index is -0.515. The van der Waals surface area contributed by atoms with E-state index >= 15 is 0 Å². The minimum Gasteiger partial charge on any atom is -0.394 e. The van der Waals surface area contributed by atoms with Crippen molar-refractivity contribution in [3.8, 4) is 11.1 Å². The van der Waals surface area contributed by atoms with Gasteiger partial charge < -0.3 is 15.2 Å². The van der Waals surface area contributed by atoms with Gasteiger partial charge in [-0.25, -0.2) is 0 Å². The molecular formula is C22H28N2O3. The average molecular weight is 368 g/mol. The van der Waals surface area contributed by atoms with Crippen molar-refractivity contribution in [1.82, 2.24) is 10.3 Å². The van der Waals surface area contributed by atoms with Crippen LogP contribution in [-0.4, -0.2) is 41.9 Å².